The van der Waals surface area contributed by atoms with Crippen LogP contribution in [0.15, 0.2) is 41.3 Å². The van der Waals surface area contributed by atoms with Crippen LogP contribution in [0.25, 0.3) is 5.69 Å². The zero-order valence-corrected chi connectivity index (χ0v) is 19.7. The molecule has 34 heavy (non-hydrogen) atoms. The van der Waals surface area contributed by atoms with Gasteiger partial charge in [0.15, 0.2) is 0 Å². The number of hydrogen-bond acceptors (Lipinski definition) is 7. The molecule has 2 saturated heterocycles. The lowest BCUT2D eigenvalue weighted by molar-refractivity contribution is -0.139. The standard InChI is InChI=1S/C22H26ClN7O4/c1-3-22(2)20(33)30(21(34)25-22)26-17(31)14-27-9-11-28(12-10-27)16-13-24-29(19(32)18(16)23)15-7-5-4-6-8-15/h4-8,13H,3,9-12,14H2,1-2H3,(H,25,34)(H,26,31)/t22-/m0/s1. The lowest BCUT2D eigenvalue weighted by atomic mass is 10.00. The van der Waals surface area contributed by atoms with Gasteiger partial charge in [-0.1, -0.05) is 36.7 Å². The number of nitrogens with one attached hydrogen (secondary N) is 2. The minimum atomic E-state index is -1.02. The Morgan fingerprint density at radius 2 is 1.82 bits per heavy atom. The fourth-order valence-electron chi connectivity index (χ4n) is 3.93. The van der Waals surface area contributed by atoms with Crippen LogP contribution in [0.5, 0.6) is 0 Å². The summed E-state index contributed by atoms with van der Waals surface area (Å²) in [5, 5.41) is 7.69. The van der Waals surface area contributed by atoms with Crippen molar-refractivity contribution >= 4 is 35.1 Å². The number of anilines is 1. The van der Waals surface area contributed by atoms with Crippen LogP contribution in [0.1, 0.15) is 20.3 Å². The van der Waals surface area contributed by atoms with E-state index in [2.05, 4.69) is 15.8 Å². The maximum Gasteiger partial charge on any atom is 0.344 e. The van der Waals surface area contributed by atoms with E-state index in [0.717, 1.165) is 5.01 Å². The Kier molecular flexibility index (Phi) is 6.58. The molecule has 0 aliphatic carbocycles. The third kappa shape index (κ3) is 4.48. The van der Waals surface area contributed by atoms with E-state index in [4.69, 9.17) is 11.6 Å². The molecule has 4 amide bonds. The summed E-state index contributed by atoms with van der Waals surface area (Å²) in [6, 6.07) is 8.39. The minimum absolute atomic E-state index is 0.0231. The molecule has 180 valence electrons. The maximum absolute atomic E-state index is 12.7. The predicted octanol–water partition coefficient (Wildman–Crippen LogP) is 0.760. The third-order valence-electron chi connectivity index (χ3n) is 6.19. The number of halogens is 1. The largest absolute Gasteiger partial charge is 0.366 e. The summed E-state index contributed by atoms with van der Waals surface area (Å²) in [6.45, 7) is 5.54. The van der Waals surface area contributed by atoms with Gasteiger partial charge < -0.3 is 10.2 Å². The Labute approximate surface area is 201 Å². The van der Waals surface area contributed by atoms with Crippen LogP contribution in [0.4, 0.5) is 10.5 Å². The van der Waals surface area contributed by atoms with Gasteiger partial charge in [0.1, 0.15) is 10.6 Å². The van der Waals surface area contributed by atoms with Gasteiger partial charge >= 0.3 is 6.03 Å². The van der Waals surface area contributed by atoms with Crippen molar-refractivity contribution in [3.63, 3.8) is 0 Å². The fourth-order valence-corrected chi connectivity index (χ4v) is 4.18. The van der Waals surface area contributed by atoms with E-state index in [0.29, 0.717) is 44.0 Å². The topological polar surface area (TPSA) is 120 Å². The Bertz CT molecular complexity index is 1160. The van der Waals surface area contributed by atoms with Crippen LogP contribution in [-0.4, -0.2) is 75.8 Å². The number of imide groups is 1. The van der Waals surface area contributed by atoms with Crippen molar-refractivity contribution in [1.29, 1.82) is 0 Å². The molecule has 3 heterocycles. The molecular weight excluding hydrogens is 462 g/mol. The summed E-state index contributed by atoms with van der Waals surface area (Å²) >= 11 is 6.39. The van der Waals surface area contributed by atoms with Crippen molar-refractivity contribution in [2.75, 3.05) is 37.6 Å². The normalized spacial score (nSPS) is 21.0. The van der Waals surface area contributed by atoms with Gasteiger partial charge in [-0.3, -0.25) is 24.7 Å². The zero-order chi connectivity index (χ0) is 24.5. The van der Waals surface area contributed by atoms with Crippen LogP contribution in [0.3, 0.4) is 0 Å². The second kappa shape index (κ2) is 9.43. The number of piperazine rings is 1. The molecule has 1 aromatic heterocycles. The lowest BCUT2D eigenvalue weighted by Crippen LogP contribution is -2.54. The first-order valence-electron chi connectivity index (χ1n) is 11.0. The lowest BCUT2D eigenvalue weighted by Gasteiger charge is -2.35. The number of nitrogens with zero attached hydrogens (tertiary/aromatic N) is 5. The van der Waals surface area contributed by atoms with Gasteiger partial charge in [0.05, 0.1) is 24.1 Å². The maximum atomic E-state index is 12.7. The number of urea groups is 1. The van der Waals surface area contributed by atoms with Crippen LogP contribution in [0, 0.1) is 0 Å². The molecule has 0 unspecified atom stereocenters. The molecule has 2 fully saturated rings. The van der Waals surface area contributed by atoms with Crippen molar-refractivity contribution in [3.8, 4) is 5.69 Å². The van der Waals surface area contributed by atoms with Crippen LogP contribution in [-0.2, 0) is 9.59 Å². The second-order valence-corrected chi connectivity index (χ2v) is 8.83. The van der Waals surface area contributed by atoms with E-state index in [-0.39, 0.29) is 11.6 Å². The van der Waals surface area contributed by atoms with Gasteiger partial charge in [0.25, 0.3) is 17.4 Å². The molecule has 0 spiro atoms. The number of amides is 4. The fraction of sp³-hybridized carbons (Fsp3) is 0.409. The van der Waals surface area contributed by atoms with Crippen LogP contribution >= 0.6 is 11.6 Å². The molecule has 1 aromatic carbocycles. The van der Waals surface area contributed by atoms with Crippen LogP contribution in [0.2, 0.25) is 5.02 Å². The molecular formula is C22H26ClN7O4. The molecule has 0 saturated carbocycles. The summed E-state index contributed by atoms with van der Waals surface area (Å²) in [4.78, 5) is 53.6. The molecule has 12 heteroatoms. The summed E-state index contributed by atoms with van der Waals surface area (Å²) in [5.74, 6) is -0.937. The van der Waals surface area contributed by atoms with Crippen molar-refractivity contribution in [2.24, 2.45) is 0 Å². The van der Waals surface area contributed by atoms with Gasteiger partial charge in [0.2, 0.25) is 0 Å². The molecule has 1 atom stereocenters. The molecule has 11 nitrogen and oxygen atoms in total. The second-order valence-electron chi connectivity index (χ2n) is 8.45. The number of aromatic nitrogens is 2. The van der Waals surface area contributed by atoms with E-state index in [1.807, 2.05) is 28.0 Å². The van der Waals surface area contributed by atoms with Gasteiger partial charge in [-0.05, 0) is 25.5 Å². The van der Waals surface area contributed by atoms with Gasteiger partial charge in [0, 0.05) is 26.2 Å². The highest BCUT2D eigenvalue weighted by Crippen LogP contribution is 2.23. The number of carbonyl (C=O) groups excluding carboxylic acids is 3. The SMILES string of the molecule is CC[C@]1(C)NC(=O)N(NC(=O)CN2CCN(c3cnn(-c4ccccc4)c(=O)c3Cl)CC2)C1=O. The monoisotopic (exact) mass is 487 g/mol. The molecule has 4 rings (SSSR count). The van der Waals surface area contributed by atoms with Crippen molar-refractivity contribution < 1.29 is 14.4 Å². The van der Waals surface area contributed by atoms with E-state index in [1.165, 1.54) is 4.68 Å². The number of para-hydroxylation sites is 1. The van der Waals surface area contributed by atoms with E-state index >= 15 is 0 Å². The van der Waals surface area contributed by atoms with Gasteiger partial charge in [-0.25, -0.2) is 4.79 Å². The van der Waals surface area contributed by atoms with Crippen molar-refractivity contribution in [2.45, 2.75) is 25.8 Å². The average Bonchev–Trinajstić information content (AvgIpc) is 3.05. The number of carbonyl (C=O) groups is 3. The summed E-state index contributed by atoms with van der Waals surface area (Å²) in [6.07, 6.45) is 1.99. The predicted molar refractivity (Wildman–Crippen MR) is 126 cm³/mol. The van der Waals surface area contributed by atoms with Crippen molar-refractivity contribution in [3.05, 3.63) is 51.9 Å². The Balaban J connectivity index is 1.35. The Morgan fingerprint density at radius 1 is 1.15 bits per heavy atom. The van der Waals surface area contributed by atoms with E-state index < -0.39 is 28.9 Å². The van der Waals surface area contributed by atoms with E-state index in [9.17, 15) is 19.2 Å². The molecule has 0 radical (unpaired) electrons. The first kappa shape index (κ1) is 23.7. The Hall–Kier alpha value is -3.44. The first-order valence-corrected chi connectivity index (χ1v) is 11.4. The first-order chi connectivity index (χ1) is 16.2. The minimum Gasteiger partial charge on any atom is -0.366 e. The quantitative estimate of drug-likeness (QED) is 0.577. The molecule has 2 aliphatic rings. The molecule has 2 N–H and O–H groups in total. The number of hydrazine groups is 1. The number of benzene rings is 1. The van der Waals surface area contributed by atoms with Crippen LogP contribution < -0.4 is 21.2 Å². The van der Waals surface area contributed by atoms with Gasteiger partial charge in [-0.2, -0.15) is 14.8 Å². The van der Waals surface area contributed by atoms with E-state index in [1.54, 1.807) is 32.2 Å². The highest BCUT2D eigenvalue weighted by atomic mass is 35.5. The Morgan fingerprint density at radius 3 is 2.44 bits per heavy atom. The number of rotatable bonds is 6. The number of hydrogen-bond donors (Lipinski definition) is 2. The zero-order valence-electron chi connectivity index (χ0n) is 19.0. The highest BCUT2D eigenvalue weighted by Gasteiger charge is 2.47. The molecule has 2 aliphatic heterocycles. The smallest absolute Gasteiger partial charge is 0.344 e. The van der Waals surface area contributed by atoms with Gasteiger partial charge in [-0.15, -0.1) is 0 Å². The third-order valence-corrected chi connectivity index (χ3v) is 6.54. The summed E-state index contributed by atoms with van der Waals surface area (Å²) in [7, 11) is 0. The summed E-state index contributed by atoms with van der Waals surface area (Å²) in [5.41, 5.74) is 2.15. The molecule has 2 aromatic rings. The molecule has 0 bridgehead atoms. The highest BCUT2D eigenvalue weighted by molar-refractivity contribution is 6.33. The average molecular weight is 488 g/mol. The van der Waals surface area contributed by atoms with Crippen molar-refractivity contribution in [1.82, 2.24) is 30.4 Å². The summed E-state index contributed by atoms with van der Waals surface area (Å²) < 4.78 is 1.26.